The lowest BCUT2D eigenvalue weighted by Crippen LogP contribution is -2.27. The van der Waals surface area contributed by atoms with Crippen molar-refractivity contribution in [3.05, 3.63) is 59.5 Å². The smallest absolute Gasteiger partial charge is 0.257 e. The first-order valence-electron chi connectivity index (χ1n) is 7.93. The summed E-state index contributed by atoms with van der Waals surface area (Å²) in [4.78, 5) is 18.2. The van der Waals surface area contributed by atoms with Crippen molar-refractivity contribution in [1.29, 1.82) is 0 Å². The predicted octanol–water partition coefficient (Wildman–Crippen LogP) is 3.64. The van der Waals surface area contributed by atoms with E-state index < -0.39 is 0 Å². The summed E-state index contributed by atoms with van der Waals surface area (Å²) in [5.74, 6) is 0.896. The highest BCUT2D eigenvalue weighted by Crippen LogP contribution is 2.21. The molecule has 3 rings (SSSR count). The van der Waals surface area contributed by atoms with Crippen molar-refractivity contribution >= 4 is 23.3 Å². The van der Waals surface area contributed by atoms with Gasteiger partial charge in [-0.15, -0.1) is 11.8 Å². The van der Waals surface area contributed by atoms with Gasteiger partial charge in [-0.1, -0.05) is 19.1 Å². The Hall–Kier alpha value is -2.34. The molecule has 0 saturated carbocycles. The molecule has 0 spiro atoms. The fourth-order valence-electron chi connectivity index (χ4n) is 2.63. The summed E-state index contributed by atoms with van der Waals surface area (Å²) in [6.45, 7) is 5.94. The first-order valence-corrected chi connectivity index (χ1v) is 8.92. The van der Waals surface area contributed by atoms with Gasteiger partial charge in [-0.05, 0) is 43.4 Å². The molecule has 24 heavy (non-hydrogen) atoms. The highest BCUT2D eigenvalue weighted by atomic mass is 32.2. The number of rotatable bonds is 5. The number of carbonyl (C=O) groups is 1. The zero-order valence-electron chi connectivity index (χ0n) is 14.0. The van der Waals surface area contributed by atoms with Crippen molar-refractivity contribution in [3.63, 3.8) is 0 Å². The Morgan fingerprint density at radius 3 is 2.79 bits per heavy atom. The number of nitrogens with one attached hydrogen (secondary N) is 1. The Morgan fingerprint density at radius 2 is 2.08 bits per heavy atom. The van der Waals surface area contributed by atoms with Gasteiger partial charge in [0.15, 0.2) is 5.65 Å². The fourth-order valence-corrected chi connectivity index (χ4v) is 3.30. The second kappa shape index (κ2) is 7.05. The Bertz CT molecular complexity index is 857. The van der Waals surface area contributed by atoms with Gasteiger partial charge in [0.05, 0.1) is 11.7 Å². The van der Waals surface area contributed by atoms with E-state index in [9.17, 15) is 4.79 Å². The Balaban J connectivity index is 1.79. The van der Waals surface area contributed by atoms with Crippen LogP contribution in [0.15, 0.2) is 47.6 Å². The molecule has 1 atom stereocenters. The molecule has 6 heteroatoms. The van der Waals surface area contributed by atoms with Gasteiger partial charge in [0.2, 0.25) is 0 Å². The first kappa shape index (κ1) is 16.5. The van der Waals surface area contributed by atoms with Gasteiger partial charge < -0.3 is 5.32 Å². The summed E-state index contributed by atoms with van der Waals surface area (Å²) in [7, 11) is 0. The number of benzene rings is 1. The van der Waals surface area contributed by atoms with Crippen molar-refractivity contribution < 1.29 is 4.79 Å². The first-order chi connectivity index (χ1) is 11.6. The molecule has 0 radical (unpaired) electrons. The summed E-state index contributed by atoms with van der Waals surface area (Å²) >= 11 is 1.80. The Labute approximate surface area is 145 Å². The van der Waals surface area contributed by atoms with Gasteiger partial charge in [-0.25, -0.2) is 9.50 Å². The van der Waals surface area contributed by atoms with Crippen LogP contribution in [0.3, 0.4) is 0 Å². The van der Waals surface area contributed by atoms with E-state index in [1.807, 2.05) is 13.8 Å². The van der Waals surface area contributed by atoms with Crippen LogP contribution in [0.4, 0.5) is 0 Å². The van der Waals surface area contributed by atoms with E-state index in [1.54, 1.807) is 34.7 Å². The molecular weight excluding hydrogens is 320 g/mol. The fraction of sp³-hybridized carbons (Fsp3) is 0.278. The SMILES string of the molecule is CCSc1ccc(C(C)NC(=O)c2c(C)nn3cccnc23)cc1. The van der Waals surface area contributed by atoms with E-state index in [0.717, 1.165) is 11.3 Å². The summed E-state index contributed by atoms with van der Waals surface area (Å²) in [5.41, 5.74) is 2.86. The van der Waals surface area contributed by atoms with Crippen LogP contribution in [0.2, 0.25) is 0 Å². The third-order valence-corrected chi connectivity index (χ3v) is 4.73. The molecule has 0 aliphatic rings. The molecular formula is C18H20N4OS. The van der Waals surface area contributed by atoms with Crippen molar-refractivity contribution in [2.75, 3.05) is 5.75 Å². The van der Waals surface area contributed by atoms with Gasteiger partial charge in [-0.2, -0.15) is 5.10 Å². The van der Waals surface area contributed by atoms with Gasteiger partial charge in [-0.3, -0.25) is 4.79 Å². The number of aromatic nitrogens is 3. The van der Waals surface area contributed by atoms with Crippen molar-refractivity contribution in [2.45, 2.75) is 31.7 Å². The van der Waals surface area contributed by atoms with Gasteiger partial charge >= 0.3 is 0 Å². The third-order valence-electron chi connectivity index (χ3n) is 3.84. The number of amides is 1. The molecule has 1 unspecified atom stereocenters. The van der Waals surface area contributed by atoms with Crippen LogP contribution in [0.1, 0.15) is 41.5 Å². The van der Waals surface area contributed by atoms with Crippen LogP contribution in [0.5, 0.6) is 0 Å². The number of fused-ring (bicyclic) bond motifs is 1. The average molecular weight is 340 g/mol. The zero-order chi connectivity index (χ0) is 17.1. The van der Waals surface area contributed by atoms with Crippen LogP contribution in [0, 0.1) is 6.92 Å². The minimum Gasteiger partial charge on any atom is -0.345 e. The summed E-state index contributed by atoms with van der Waals surface area (Å²) < 4.78 is 1.63. The second-order valence-corrected chi connectivity index (χ2v) is 6.88. The molecule has 0 saturated heterocycles. The van der Waals surface area contributed by atoms with Crippen LogP contribution < -0.4 is 5.32 Å². The lowest BCUT2D eigenvalue weighted by molar-refractivity contribution is 0.0940. The maximum absolute atomic E-state index is 12.7. The van der Waals surface area contributed by atoms with Crippen LogP contribution in [-0.4, -0.2) is 26.3 Å². The molecule has 1 amide bonds. The molecule has 1 aromatic carbocycles. The van der Waals surface area contributed by atoms with E-state index in [1.165, 1.54) is 4.90 Å². The molecule has 0 aliphatic carbocycles. The third kappa shape index (κ3) is 3.28. The van der Waals surface area contributed by atoms with Crippen molar-refractivity contribution in [1.82, 2.24) is 19.9 Å². The molecule has 2 heterocycles. The lowest BCUT2D eigenvalue weighted by atomic mass is 10.1. The van der Waals surface area contributed by atoms with E-state index in [2.05, 4.69) is 46.6 Å². The summed E-state index contributed by atoms with van der Waals surface area (Å²) in [6.07, 6.45) is 3.46. The quantitative estimate of drug-likeness (QED) is 0.720. The standard InChI is InChI=1S/C18H20N4OS/c1-4-24-15-8-6-14(7-9-15)12(2)20-18(23)16-13(3)21-22-11-5-10-19-17(16)22/h5-12H,4H2,1-3H3,(H,20,23). The number of hydrogen-bond acceptors (Lipinski definition) is 4. The molecule has 0 bridgehead atoms. The highest BCUT2D eigenvalue weighted by molar-refractivity contribution is 7.99. The van der Waals surface area contributed by atoms with E-state index >= 15 is 0 Å². The van der Waals surface area contributed by atoms with Crippen molar-refractivity contribution in [3.8, 4) is 0 Å². The predicted molar refractivity (Wildman–Crippen MR) is 96.4 cm³/mol. The summed E-state index contributed by atoms with van der Waals surface area (Å²) in [5, 5.41) is 7.38. The molecule has 0 fully saturated rings. The van der Waals surface area contributed by atoms with Gasteiger partial charge in [0, 0.05) is 17.3 Å². The largest absolute Gasteiger partial charge is 0.345 e. The van der Waals surface area contributed by atoms with E-state index in [0.29, 0.717) is 16.9 Å². The molecule has 1 N–H and O–H groups in total. The van der Waals surface area contributed by atoms with Crippen molar-refractivity contribution in [2.24, 2.45) is 0 Å². The number of aryl methyl sites for hydroxylation is 1. The van der Waals surface area contributed by atoms with Gasteiger partial charge in [0.25, 0.3) is 5.91 Å². The topological polar surface area (TPSA) is 59.3 Å². The lowest BCUT2D eigenvalue weighted by Gasteiger charge is -2.14. The number of hydrogen-bond donors (Lipinski definition) is 1. The maximum Gasteiger partial charge on any atom is 0.257 e. The van der Waals surface area contributed by atoms with Crippen LogP contribution >= 0.6 is 11.8 Å². The van der Waals surface area contributed by atoms with Gasteiger partial charge in [0.1, 0.15) is 5.56 Å². The molecule has 124 valence electrons. The monoisotopic (exact) mass is 340 g/mol. The summed E-state index contributed by atoms with van der Waals surface area (Å²) in [6, 6.07) is 10.0. The zero-order valence-corrected chi connectivity index (χ0v) is 14.8. The minimum atomic E-state index is -0.152. The van der Waals surface area contributed by atoms with Crippen LogP contribution in [-0.2, 0) is 0 Å². The highest BCUT2D eigenvalue weighted by Gasteiger charge is 2.20. The van der Waals surface area contributed by atoms with E-state index in [-0.39, 0.29) is 11.9 Å². The Kier molecular flexibility index (Phi) is 4.85. The molecule has 3 aromatic rings. The normalized spacial score (nSPS) is 12.3. The molecule has 2 aromatic heterocycles. The Morgan fingerprint density at radius 1 is 1.33 bits per heavy atom. The number of thioether (sulfide) groups is 1. The second-order valence-electron chi connectivity index (χ2n) is 5.55. The maximum atomic E-state index is 12.7. The number of carbonyl (C=O) groups excluding carboxylic acids is 1. The molecule has 0 aliphatic heterocycles. The van der Waals surface area contributed by atoms with E-state index in [4.69, 9.17) is 0 Å². The number of nitrogens with zero attached hydrogens (tertiary/aromatic N) is 3. The van der Waals surface area contributed by atoms with Crippen LogP contribution in [0.25, 0.3) is 5.65 Å². The average Bonchev–Trinajstić information content (AvgIpc) is 2.91. The molecule has 5 nitrogen and oxygen atoms in total. The minimum absolute atomic E-state index is 0.0868.